The molecule has 1 unspecified atom stereocenters. The first-order chi connectivity index (χ1) is 11.6. The second-order valence-corrected chi connectivity index (χ2v) is 6.66. The number of aromatic nitrogens is 3. The summed E-state index contributed by atoms with van der Waals surface area (Å²) in [5.41, 5.74) is 3.48. The van der Waals surface area contributed by atoms with Crippen LogP contribution in [0.4, 0.5) is 0 Å². The zero-order valence-electron chi connectivity index (χ0n) is 13.5. The first-order valence-corrected chi connectivity index (χ1v) is 8.57. The molecule has 0 bridgehead atoms. The summed E-state index contributed by atoms with van der Waals surface area (Å²) in [6.45, 7) is 3.77. The monoisotopic (exact) mass is 344 g/mol. The third-order valence-electron chi connectivity index (χ3n) is 3.81. The molecule has 0 fully saturated rings. The molecule has 0 spiro atoms. The van der Waals surface area contributed by atoms with E-state index in [9.17, 15) is 9.12 Å². The SMILES string of the molecule is COc1c(C)cnc(CS(=O)c2nc3ccccc3n2N=O)c1C. The second kappa shape index (κ2) is 6.48. The number of methoxy groups -OCH3 is 1. The van der Waals surface area contributed by atoms with Crippen LogP contribution in [0.5, 0.6) is 5.75 Å². The molecule has 2 heterocycles. The standard InChI is InChI=1S/C16H16N4O3S/c1-10-8-17-13(11(2)15(10)23-3)9-24(22)16-18-12-6-4-5-7-14(12)20(16)19-21/h4-8H,9H2,1-3H3. The molecule has 0 N–H and O–H groups in total. The summed E-state index contributed by atoms with van der Waals surface area (Å²) in [5.74, 6) is 0.848. The average Bonchev–Trinajstić information content (AvgIpc) is 2.96. The molecular weight excluding hydrogens is 328 g/mol. The van der Waals surface area contributed by atoms with E-state index in [1.807, 2.05) is 13.8 Å². The lowest BCUT2D eigenvalue weighted by Gasteiger charge is -2.11. The van der Waals surface area contributed by atoms with Crippen molar-refractivity contribution < 1.29 is 8.95 Å². The highest BCUT2D eigenvalue weighted by Crippen LogP contribution is 2.26. The zero-order chi connectivity index (χ0) is 17.3. The van der Waals surface area contributed by atoms with Gasteiger partial charge >= 0.3 is 0 Å². The van der Waals surface area contributed by atoms with Crippen LogP contribution in [0.25, 0.3) is 11.0 Å². The molecule has 0 amide bonds. The quantitative estimate of drug-likeness (QED) is 0.664. The highest BCUT2D eigenvalue weighted by atomic mass is 32.2. The number of fused-ring (bicyclic) bond motifs is 1. The first-order valence-electron chi connectivity index (χ1n) is 7.25. The topological polar surface area (TPSA) is 86.4 Å². The van der Waals surface area contributed by atoms with Crippen molar-refractivity contribution in [2.24, 2.45) is 5.29 Å². The Bertz CT molecular complexity index is 952. The molecule has 0 radical (unpaired) electrons. The molecule has 7 nitrogen and oxygen atoms in total. The Balaban J connectivity index is 2.01. The molecular formula is C16H16N4O3S. The lowest BCUT2D eigenvalue weighted by molar-refractivity contribution is 0.407. The Kier molecular flexibility index (Phi) is 4.39. The summed E-state index contributed by atoms with van der Waals surface area (Å²) in [7, 11) is 0.0235. The number of nitrogens with zero attached hydrogens (tertiary/aromatic N) is 4. The number of pyridine rings is 1. The molecule has 0 saturated carbocycles. The lowest BCUT2D eigenvalue weighted by Crippen LogP contribution is -2.07. The van der Waals surface area contributed by atoms with Gasteiger partial charge in [-0.05, 0) is 26.0 Å². The highest BCUT2D eigenvalue weighted by Gasteiger charge is 2.20. The van der Waals surface area contributed by atoms with Gasteiger partial charge in [-0.1, -0.05) is 12.1 Å². The van der Waals surface area contributed by atoms with Crippen LogP contribution in [-0.4, -0.2) is 26.0 Å². The molecule has 0 aliphatic heterocycles. The number of imidazole rings is 1. The normalized spacial score (nSPS) is 12.3. The summed E-state index contributed by atoms with van der Waals surface area (Å²) in [5, 5.41) is 3.08. The van der Waals surface area contributed by atoms with Gasteiger partial charge in [-0.2, -0.15) is 4.68 Å². The summed E-state index contributed by atoms with van der Waals surface area (Å²) in [6.07, 6.45) is 1.68. The molecule has 24 heavy (non-hydrogen) atoms. The maximum absolute atomic E-state index is 12.7. The molecule has 1 atom stereocenters. The molecule has 124 valence electrons. The number of hydrogen-bond acceptors (Lipinski definition) is 6. The molecule has 3 rings (SSSR count). The van der Waals surface area contributed by atoms with Crippen LogP contribution < -0.4 is 4.74 Å². The number of aryl methyl sites for hydroxylation is 1. The van der Waals surface area contributed by atoms with Crippen LogP contribution in [0.15, 0.2) is 40.9 Å². The smallest absolute Gasteiger partial charge is 0.223 e. The van der Waals surface area contributed by atoms with Crippen molar-refractivity contribution in [2.45, 2.75) is 24.8 Å². The van der Waals surface area contributed by atoms with Gasteiger partial charge < -0.3 is 4.74 Å². The van der Waals surface area contributed by atoms with Crippen LogP contribution in [0.3, 0.4) is 0 Å². The van der Waals surface area contributed by atoms with Gasteiger partial charge in [0.2, 0.25) is 5.16 Å². The molecule has 0 aliphatic rings. The Labute approximate surface area is 141 Å². The number of nitroso groups, excluding NO2 is 1. The molecule has 3 aromatic rings. The van der Waals surface area contributed by atoms with Crippen LogP contribution in [0.2, 0.25) is 0 Å². The fraction of sp³-hybridized carbons (Fsp3) is 0.250. The maximum Gasteiger partial charge on any atom is 0.223 e. The van der Waals surface area contributed by atoms with E-state index in [0.717, 1.165) is 21.6 Å². The highest BCUT2D eigenvalue weighted by molar-refractivity contribution is 7.84. The van der Waals surface area contributed by atoms with E-state index in [1.54, 1.807) is 37.6 Å². The van der Waals surface area contributed by atoms with Crippen LogP contribution in [-0.2, 0) is 16.6 Å². The third-order valence-corrected chi connectivity index (χ3v) is 5.02. The van der Waals surface area contributed by atoms with Gasteiger partial charge in [0.25, 0.3) is 0 Å². The molecule has 2 aromatic heterocycles. The van der Waals surface area contributed by atoms with E-state index in [2.05, 4.69) is 15.3 Å². The molecule has 0 saturated heterocycles. The Morgan fingerprint density at radius 1 is 1.29 bits per heavy atom. The maximum atomic E-state index is 12.7. The minimum atomic E-state index is -1.57. The summed E-state index contributed by atoms with van der Waals surface area (Å²) >= 11 is 0. The second-order valence-electron chi connectivity index (χ2n) is 5.31. The van der Waals surface area contributed by atoms with Crippen molar-refractivity contribution in [1.82, 2.24) is 14.6 Å². The van der Waals surface area contributed by atoms with Gasteiger partial charge in [0, 0.05) is 17.3 Å². The van der Waals surface area contributed by atoms with Gasteiger partial charge in [0.1, 0.15) is 5.75 Å². The summed E-state index contributed by atoms with van der Waals surface area (Å²) < 4.78 is 19.2. The van der Waals surface area contributed by atoms with Gasteiger partial charge in [-0.25, -0.2) is 4.98 Å². The molecule has 1 aromatic carbocycles. The number of hydrogen-bond donors (Lipinski definition) is 0. The Morgan fingerprint density at radius 3 is 2.75 bits per heavy atom. The van der Waals surface area contributed by atoms with Crippen LogP contribution in [0, 0.1) is 18.8 Å². The van der Waals surface area contributed by atoms with Gasteiger partial charge in [0.05, 0.1) is 45.7 Å². The van der Waals surface area contributed by atoms with Crippen LogP contribution in [0.1, 0.15) is 16.8 Å². The fourth-order valence-corrected chi connectivity index (χ4v) is 3.82. The largest absolute Gasteiger partial charge is 0.496 e. The number of para-hydroxylation sites is 2. The Hall–Kier alpha value is -2.61. The zero-order valence-corrected chi connectivity index (χ0v) is 14.3. The van der Waals surface area contributed by atoms with E-state index in [-0.39, 0.29) is 10.9 Å². The minimum absolute atomic E-state index is 0.118. The minimum Gasteiger partial charge on any atom is -0.496 e. The van der Waals surface area contributed by atoms with Crippen molar-refractivity contribution in [2.75, 3.05) is 7.11 Å². The van der Waals surface area contributed by atoms with E-state index in [4.69, 9.17) is 4.74 Å². The Morgan fingerprint density at radius 2 is 2.04 bits per heavy atom. The van der Waals surface area contributed by atoms with E-state index in [0.29, 0.717) is 16.7 Å². The van der Waals surface area contributed by atoms with Crippen molar-refractivity contribution in [3.63, 3.8) is 0 Å². The average molecular weight is 344 g/mol. The fourth-order valence-electron chi connectivity index (χ4n) is 2.62. The first kappa shape index (κ1) is 16.3. The van der Waals surface area contributed by atoms with Crippen molar-refractivity contribution >= 4 is 21.8 Å². The van der Waals surface area contributed by atoms with Gasteiger partial charge in [0.15, 0.2) is 0 Å². The lowest BCUT2D eigenvalue weighted by atomic mass is 10.1. The molecule has 8 heteroatoms. The third kappa shape index (κ3) is 2.69. The number of rotatable bonds is 5. The number of ether oxygens (including phenoxy) is 1. The summed E-state index contributed by atoms with van der Waals surface area (Å²) in [4.78, 5) is 19.8. The van der Waals surface area contributed by atoms with E-state index < -0.39 is 10.8 Å². The predicted octanol–water partition coefficient (Wildman–Crippen LogP) is 2.89. The van der Waals surface area contributed by atoms with Gasteiger partial charge in [-0.15, -0.1) is 4.91 Å². The van der Waals surface area contributed by atoms with Crippen molar-refractivity contribution in [1.29, 1.82) is 0 Å². The predicted molar refractivity (Wildman–Crippen MR) is 91.3 cm³/mol. The van der Waals surface area contributed by atoms with Crippen molar-refractivity contribution in [3.8, 4) is 5.75 Å². The van der Waals surface area contributed by atoms with Crippen LogP contribution >= 0.6 is 0 Å². The van der Waals surface area contributed by atoms with Crippen molar-refractivity contribution in [3.05, 3.63) is 52.2 Å². The number of benzene rings is 1. The van der Waals surface area contributed by atoms with Gasteiger partial charge in [-0.3, -0.25) is 9.19 Å². The summed E-state index contributed by atoms with van der Waals surface area (Å²) in [6, 6.07) is 7.03. The van der Waals surface area contributed by atoms with E-state index >= 15 is 0 Å². The molecule has 0 aliphatic carbocycles. The van der Waals surface area contributed by atoms with E-state index in [1.165, 1.54) is 0 Å².